The van der Waals surface area contributed by atoms with E-state index in [2.05, 4.69) is 20.3 Å². The van der Waals surface area contributed by atoms with Gasteiger partial charge in [0.15, 0.2) is 9.84 Å². The molecule has 4 heterocycles. The molecule has 1 aliphatic rings. The molecule has 34 heavy (non-hydrogen) atoms. The van der Waals surface area contributed by atoms with E-state index in [9.17, 15) is 17.6 Å². The summed E-state index contributed by atoms with van der Waals surface area (Å²) in [5, 5.41) is 8.29. The van der Waals surface area contributed by atoms with E-state index in [4.69, 9.17) is 0 Å². The molecule has 0 saturated carbocycles. The van der Waals surface area contributed by atoms with Crippen molar-refractivity contribution in [1.29, 1.82) is 0 Å². The molecule has 0 spiro atoms. The molecule has 3 aromatic heterocycles. The molecule has 10 nitrogen and oxygen atoms in total. The van der Waals surface area contributed by atoms with Gasteiger partial charge in [-0.3, -0.25) is 9.36 Å². The molecule has 1 fully saturated rings. The maximum Gasteiger partial charge on any atom is 0.255 e. The van der Waals surface area contributed by atoms with Gasteiger partial charge in [0.05, 0.1) is 28.5 Å². The predicted molar refractivity (Wildman–Crippen MR) is 121 cm³/mol. The van der Waals surface area contributed by atoms with Gasteiger partial charge in [0.25, 0.3) is 5.91 Å². The van der Waals surface area contributed by atoms with Crippen molar-refractivity contribution in [1.82, 2.24) is 34.4 Å². The number of hydrogen-bond donors (Lipinski definition) is 0. The zero-order valence-corrected chi connectivity index (χ0v) is 19.0. The summed E-state index contributed by atoms with van der Waals surface area (Å²) < 4.78 is 39.8. The number of halogens is 1. The van der Waals surface area contributed by atoms with Crippen LogP contribution in [0.15, 0.2) is 55.1 Å². The van der Waals surface area contributed by atoms with E-state index in [1.807, 2.05) is 6.92 Å². The molecule has 0 bridgehead atoms. The summed E-state index contributed by atoms with van der Waals surface area (Å²) >= 11 is 0. The van der Waals surface area contributed by atoms with Crippen molar-refractivity contribution in [2.24, 2.45) is 0 Å². The van der Waals surface area contributed by atoms with Crippen LogP contribution in [0.3, 0.4) is 0 Å². The van der Waals surface area contributed by atoms with Crippen LogP contribution < -0.4 is 0 Å². The molecule has 0 unspecified atom stereocenters. The largest absolute Gasteiger partial charge is 0.337 e. The van der Waals surface area contributed by atoms with Crippen molar-refractivity contribution < 1.29 is 17.6 Å². The Kier molecular flexibility index (Phi) is 5.44. The zero-order chi connectivity index (χ0) is 23.9. The number of sulfone groups is 1. The molecule has 1 amide bonds. The van der Waals surface area contributed by atoms with Crippen LogP contribution in [0.2, 0.25) is 0 Å². The van der Waals surface area contributed by atoms with Gasteiger partial charge in [0, 0.05) is 25.5 Å². The number of aromatic nitrogens is 6. The summed E-state index contributed by atoms with van der Waals surface area (Å²) in [7, 11) is -3.06. The second-order valence-electron chi connectivity index (χ2n) is 7.93. The second kappa shape index (κ2) is 8.45. The number of carbonyl (C=O) groups is 1. The van der Waals surface area contributed by atoms with Crippen molar-refractivity contribution in [2.75, 3.05) is 24.6 Å². The third kappa shape index (κ3) is 4.19. The highest BCUT2D eigenvalue weighted by Gasteiger charge is 2.26. The molecule has 1 saturated heterocycles. The molecular formula is C22H20FN7O3S. The van der Waals surface area contributed by atoms with E-state index < -0.39 is 9.84 Å². The van der Waals surface area contributed by atoms with Crippen molar-refractivity contribution in [3.8, 4) is 22.9 Å². The van der Waals surface area contributed by atoms with Crippen LogP contribution in [0.4, 0.5) is 4.39 Å². The maximum absolute atomic E-state index is 13.3. The summed E-state index contributed by atoms with van der Waals surface area (Å²) in [6.45, 7) is 2.18. The number of hydrogen-bond acceptors (Lipinski definition) is 7. The smallest absolute Gasteiger partial charge is 0.255 e. The minimum atomic E-state index is -3.06. The van der Waals surface area contributed by atoms with Crippen LogP contribution in [-0.4, -0.2) is 73.3 Å². The first-order valence-corrected chi connectivity index (χ1v) is 12.3. The van der Waals surface area contributed by atoms with Gasteiger partial charge in [-0.1, -0.05) is 5.21 Å². The lowest BCUT2D eigenvalue weighted by molar-refractivity contribution is 0.0770. The van der Waals surface area contributed by atoms with Gasteiger partial charge in [-0.05, 0) is 43.3 Å². The fourth-order valence-electron chi connectivity index (χ4n) is 3.75. The average molecular weight is 482 g/mol. The number of pyridine rings is 1. The zero-order valence-electron chi connectivity index (χ0n) is 18.2. The van der Waals surface area contributed by atoms with Crippen LogP contribution >= 0.6 is 0 Å². The summed E-state index contributed by atoms with van der Waals surface area (Å²) in [6.07, 6.45) is 4.83. The van der Waals surface area contributed by atoms with Crippen molar-refractivity contribution in [3.05, 3.63) is 72.2 Å². The maximum atomic E-state index is 13.3. The standard InChI is InChI=1S/C22H20FN7O3S/c1-15-21(30(27-26-15)18-5-3-17(23)4-6-18)19-13-29(14-25-19)20-7-2-16(12-24-20)22(31)28-8-10-34(32,33)11-9-28/h2-7,12-14H,8-11H2,1H3. The fraction of sp³-hybridized carbons (Fsp3) is 0.227. The third-order valence-electron chi connectivity index (χ3n) is 5.63. The van der Waals surface area contributed by atoms with Crippen LogP contribution in [0.5, 0.6) is 0 Å². The van der Waals surface area contributed by atoms with Crippen LogP contribution in [0, 0.1) is 12.7 Å². The molecule has 0 atom stereocenters. The van der Waals surface area contributed by atoms with E-state index in [0.29, 0.717) is 34.2 Å². The van der Waals surface area contributed by atoms with E-state index in [1.54, 1.807) is 46.0 Å². The van der Waals surface area contributed by atoms with E-state index in [1.165, 1.54) is 23.2 Å². The SMILES string of the molecule is Cc1nnn(-c2ccc(F)cc2)c1-c1cn(-c2ccc(C(=O)N3CCS(=O)(=O)CC3)cn2)cn1. The number of aryl methyl sites for hydroxylation is 1. The number of amides is 1. The first-order valence-electron chi connectivity index (χ1n) is 10.5. The molecule has 0 radical (unpaired) electrons. The van der Waals surface area contributed by atoms with Gasteiger partial charge in [0.2, 0.25) is 0 Å². The summed E-state index contributed by atoms with van der Waals surface area (Å²) in [5.74, 6) is -0.0831. The summed E-state index contributed by atoms with van der Waals surface area (Å²) in [4.78, 5) is 23.0. The fourth-order valence-corrected chi connectivity index (χ4v) is 4.95. The minimum Gasteiger partial charge on any atom is -0.337 e. The molecule has 0 N–H and O–H groups in total. The Morgan fingerprint density at radius 2 is 1.76 bits per heavy atom. The Morgan fingerprint density at radius 3 is 2.44 bits per heavy atom. The van der Waals surface area contributed by atoms with Crippen LogP contribution in [0.25, 0.3) is 22.9 Å². The average Bonchev–Trinajstić information content (AvgIpc) is 3.46. The summed E-state index contributed by atoms with van der Waals surface area (Å²) in [5.41, 5.74) is 2.96. The number of carbonyl (C=O) groups excluding carboxylic acids is 1. The Bertz CT molecular complexity index is 1450. The Balaban J connectivity index is 1.37. The van der Waals surface area contributed by atoms with Gasteiger partial charge in [0.1, 0.15) is 29.4 Å². The van der Waals surface area contributed by atoms with Crippen molar-refractivity contribution in [2.45, 2.75) is 6.92 Å². The predicted octanol–water partition coefficient (Wildman–Crippen LogP) is 1.83. The Morgan fingerprint density at radius 1 is 1.03 bits per heavy atom. The first kappa shape index (κ1) is 21.9. The van der Waals surface area contributed by atoms with Gasteiger partial charge in [-0.25, -0.2) is 27.5 Å². The number of rotatable bonds is 4. The quantitative estimate of drug-likeness (QED) is 0.437. The number of imidazole rings is 1. The lowest BCUT2D eigenvalue weighted by atomic mass is 10.2. The molecule has 4 aromatic rings. The topological polar surface area (TPSA) is 116 Å². The monoisotopic (exact) mass is 481 g/mol. The van der Waals surface area contributed by atoms with Crippen LogP contribution in [0.1, 0.15) is 16.1 Å². The molecule has 174 valence electrons. The normalized spacial score (nSPS) is 15.4. The lowest BCUT2D eigenvalue weighted by Gasteiger charge is -2.26. The molecule has 1 aromatic carbocycles. The van der Waals surface area contributed by atoms with Crippen molar-refractivity contribution >= 4 is 15.7 Å². The minimum absolute atomic E-state index is 0.0230. The molecular weight excluding hydrogens is 461 g/mol. The number of nitrogens with zero attached hydrogens (tertiary/aromatic N) is 7. The lowest BCUT2D eigenvalue weighted by Crippen LogP contribution is -2.43. The Labute approximate surface area is 194 Å². The highest BCUT2D eigenvalue weighted by molar-refractivity contribution is 7.91. The first-order chi connectivity index (χ1) is 16.3. The highest BCUT2D eigenvalue weighted by Crippen LogP contribution is 2.24. The van der Waals surface area contributed by atoms with E-state index >= 15 is 0 Å². The molecule has 1 aliphatic heterocycles. The third-order valence-corrected chi connectivity index (χ3v) is 7.24. The van der Waals surface area contributed by atoms with E-state index in [-0.39, 0.29) is 36.3 Å². The van der Waals surface area contributed by atoms with Gasteiger partial charge < -0.3 is 4.90 Å². The highest BCUT2D eigenvalue weighted by atomic mass is 32.2. The van der Waals surface area contributed by atoms with Crippen LogP contribution in [-0.2, 0) is 9.84 Å². The van der Waals surface area contributed by atoms with E-state index in [0.717, 1.165) is 0 Å². The molecule has 12 heteroatoms. The van der Waals surface area contributed by atoms with Gasteiger partial charge in [-0.2, -0.15) is 0 Å². The molecule has 0 aliphatic carbocycles. The molecule has 5 rings (SSSR count). The number of benzene rings is 1. The van der Waals surface area contributed by atoms with Crippen molar-refractivity contribution in [3.63, 3.8) is 0 Å². The van der Waals surface area contributed by atoms with Gasteiger partial charge in [-0.15, -0.1) is 5.10 Å². The second-order valence-corrected chi connectivity index (χ2v) is 10.2. The summed E-state index contributed by atoms with van der Waals surface area (Å²) in [6, 6.07) is 9.28. The van der Waals surface area contributed by atoms with Gasteiger partial charge >= 0.3 is 0 Å². The Hall–Kier alpha value is -3.93.